The van der Waals surface area contributed by atoms with E-state index in [2.05, 4.69) is 6.92 Å². The Kier molecular flexibility index (Phi) is 3.87. The van der Waals surface area contributed by atoms with Gasteiger partial charge in [-0.1, -0.05) is 31.5 Å². The first-order valence-corrected chi connectivity index (χ1v) is 5.05. The fourth-order valence-electron chi connectivity index (χ4n) is 1.66. The Morgan fingerprint density at radius 2 is 1.86 bits per heavy atom. The summed E-state index contributed by atoms with van der Waals surface area (Å²) < 4.78 is 0. The van der Waals surface area contributed by atoms with E-state index in [0.29, 0.717) is 6.42 Å². The molecule has 0 aliphatic rings. The van der Waals surface area contributed by atoms with Crippen LogP contribution in [-0.4, -0.2) is 5.78 Å². The van der Waals surface area contributed by atoms with Crippen molar-refractivity contribution in [2.75, 3.05) is 0 Å². The monoisotopic (exact) mass is 189 g/mol. The van der Waals surface area contributed by atoms with Crippen molar-refractivity contribution in [2.24, 2.45) is 0 Å². The van der Waals surface area contributed by atoms with Crippen LogP contribution in [0.3, 0.4) is 0 Å². The molecule has 0 N–H and O–H groups in total. The van der Waals surface area contributed by atoms with Gasteiger partial charge in [0.1, 0.15) is 0 Å². The molecule has 75 valence electrons. The molecule has 0 aromatic heterocycles. The number of benzene rings is 1. The Labute approximate surface area is 86.1 Å². The van der Waals surface area contributed by atoms with E-state index in [4.69, 9.17) is 0 Å². The first-order chi connectivity index (χ1) is 6.66. The highest BCUT2D eigenvalue weighted by atomic mass is 16.1. The minimum atomic E-state index is 0.254. The van der Waals surface area contributed by atoms with E-state index in [1.807, 2.05) is 32.0 Å². The average molecular weight is 189 g/mol. The first kappa shape index (κ1) is 11.0. The molecular formula is C13H17O. The maximum Gasteiger partial charge on any atom is 0.163 e. The zero-order valence-corrected chi connectivity index (χ0v) is 8.97. The highest BCUT2D eigenvalue weighted by molar-refractivity contribution is 5.98. The summed E-state index contributed by atoms with van der Waals surface area (Å²) in [6.45, 7) is 7.72. The molecule has 0 saturated heterocycles. The molecule has 0 amide bonds. The molecule has 0 atom stereocenters. The Morgan fingerprint density at radius 3 is 2.36 bits per heavy atom. The van der Waals surface area contributed by atoms with Gasteiger partial charge in [0.05, 0.1) is 0 Å². The van der Waals surface area contributed by atoms with Crippen LogP contribution in [0.5, 0.6) is 0 Å². The van der Waals surface area contributed by atoms with Gasteiger partial charge in [0.15, 0.2) is 5.78 Å². The van der Waals surface area contributed by atoms with Crippen molar-refractivity contribution in [1.82, 2.24) is 0 Å². The summed E-state index contributed by atoms with van der Waals surface area (Å²) in [4.78, 5) is 11.8. The van der Waals surface area contributed by atoms with Gasteiger partial charge in [0.2, 0.25) is 0 Å². The molecule has 0 aliphatic heterocycles. The van der Waals surface area contributed by atoms with Crippen LogP contribution in [0.25, 0.3) is 0 Å². The Balaban J connectivity index is 2.89. The van der Waals surface area contributed by atoms with Crippen LogP contribution in [-0.2, 0) is 0 Å². The molecule has 0 aliphatic carbocycles. The standard InChI is InChI=1S/C13H17O/c1-4-5-9-12(14)13-10(2)7-6-8-11(13)3/h6-8H,1,4-5,9H2,2-3H3. The first-order valence-electron chi connectivity index (χ1n) is 5.05. The molecule has 1 aromatic carbocycles. The summed E-state index contributed by atoms with van der Waals surface area (Å²) in [6.07, 6.45) is 2.33. The lowest BCUT2D eigenvalue weighted by Crippen LogP contribution is -2.04. The molecule has 0 bridgehead atoms. The topological polar surface area (TPSA) is 17.1 Å². The van der Waals surface area contributed by atoms with Crippen molar-refractivity contribution < 1.29 is 4.79 Å². The van der Waals surface area contributed by atoms with Crippen LogP contribution < -0.4 is 0 Å². The highest BCUT2D eigenvalue weighted by Crippen LogP contribution is 2.16. The number of carbonyl (C=O) groups is 1. The molecule has 0 saturated carbocycles. The Hall–Kier alpha value is -1.11. The minimum Gasteiger partial charge on any atom is -0.294 e. The van der Waals surface area contributed by atoms with Crippen molar-refractivity contribution in [1.29, 1.82) is 0 Å². The predicted octanol–water partition coefficient (Wildman–Crippen LogP) is 3.49. The largest absolute Gasteiger partial charge is 0.294 e. The lowest BCUT2D eigenvalue weighted by molar-refractivity contribution is 0.0979. The number of carbonyl (C=O) groups excluding carboxylic acids is 1. The summed E-state index contributed by atoms with van der Waals surface area (Å²) in [5.41, 5.74) is 3.07. The van der Waals surface area contributed by atoms with Gasteiger partial charge < -0.3 is 0 Å². The van der Waals surface area contributed by atoms with Gasteiger partial charge in [0.25, 0.3) is 0 Å². The molecule has 1 radical (unpaired) electrons. The molecular weight excluding hydrogens is 172 g/mol. The molecule has 0 spiro atoms. The second-order valence-electron chi connectivity index (χ2n) is 3.65. The Morgan fingerprint density at radius 1 is 1.29 bits per heavy atom. The van der Waals surface area contributed by atoms with Gasteiger partial charge in [-0.25, -0.2) is 0 Å². The van der Waals surface area contributed by atoms with Gasteiger partial charge in [0, 0.05) is 12.0 Å². The summed E-state index contributed by atoms with van der Waals surface area (Å²) >= 11 is 0. The zero-order valence-electron chi connectivity index (χ0n) is 8.97. The third kappa shape index (κ3) is 2.44. The second kappa shape index (κ2) is 4.94. The summed E-state index contributed by atoms with van der Waals surface area (Å²) in [5.74, 6) is 0.254. The van der Waals surface area contributed by atoms with E-state index >= 15 is 0 Å². The maximum absolute atomic E-state index is 11.8. The third-order valence-electron chi connectivity index (χ3n) is 2.41. The SMILES string of the molecule is [CH2]CCCC(=O)c1c(C)cccc1C. The number of hydrogen-bond acceptors (Lipinski definition) is 1. The Bertz CT molecular complexity index is 306. The summed E-state index contributed by atoms with van der Waals surface area (Å²) in [5, 5.41) is 0. The van der Waals surface area contributed by atoms with Crippen LogP contribution in [0.4, 0.5) is 0 Å². The molecule has 1 aromatic rings. The quantitative estimate of drug-likeness (QED) is 0.662. The minimum absolute atomic E-state index is 0.254. The molecule has 1 rings (SSSR count). The van der Waals surface area contributed by atoms with Crippen LogP contribution in [0.1, 0.15) is 40.7 Å². The van der Waals surface area contributed by atoms with E-state index in [9.17, 15) is 4.79 Å². The maximum atomic E-state index is 11.8. The number of ketones is 1. The van der Waals surface area contributed by atoms with Crippen LogP contribution in [0, 0.1) is 20.8 Å². The van der Waals surface area contributed by atoms with E-state index in [0.717, 1.165) is 29.5 Å². The zero-order chi connectivity index (χ0) is 10.6. The lowest BCUT2D eigenvalue weighted by atomic mass is 9.96. The van der Waals surface area contributed by atoms with Crippen LogP contribution in [0.15, 0.2) is 18.2 Å². The number of Topliss-reactive ketones (excluding diaryl/α,β-unsaturated/α-hetero) is 1. The fraction of sp³-hybridized carbons (Fsp3) is 0.385. The lowest BCUT2D eigenvalue weighted by Gasteiger charge is -2.07. The van der Waals surface area contributed by atoms with Crippen molar-refractivity contribution in [3.63, 3.8) is 0 Å². The molecule has 14 heavy (non-hydrogen) atoms. The number of unbranched alkanes of at least 4 members (excludes halogenated alkanes) is 1. The van der Waals surface area contributed by atoms with E-state index in [1.165, 1.54) is 0 Å². The summed E-state index contributed by atoms with van der Waals surface area (Å²) in [7, 11) is 0. The third-order valence-corrected chi connectivity index (χ3v) is 2.41. The average Bonchev–Trinajstić information content (AvgIpc) is 2.14. The molecule has 1 nitrogen and oxygen atoms in total. The van der Waals surface area contributed by atoms with Gasteiger partial charge in [-0.2, -0.15) is 0 Å². The number of aryl methyl sites for hydroxylation is 2. The van der Waals surface area contributed by atoms with Gasteiger partial charge in [-0.15, -0.1) is 0 Å². The van der Waals surface area contributed by atoms with Gasteiger partial charge in [-0.3, -0.25) is 4.79 Å². The molecule has 0 heterocycles. The normalized spacial score (nSPS) is 10.2. The van der Waals surface area contributed by atoms with E-state index in [1.54, 1.807) is 0 Å². The number of rotatable bonds is 4. The molecule has 0 fully saturated rings. The second-order valence-corrected chi connectivity index (χ2v) is 3.65. The number of hydrogen-bond donors (Lipinski definition) is 0. The van der Waals surface area contributed by atoms with Crippen LogP contribution >= 0.6 is 0 Å². The van der Waals surface area contributed by atoms with Gasteiger partial charge >= 0.3 is 0 Å². The highest BCUT2D eigenvalue weighted by Gasteiger charge is 2.10. The van der Waals surface area contributed by atoms with E-state index in [-0.39, 0.29) is 5.78 Å². The van der Waals surface area contributed by atoms with Crippen molar-refractivity contribution >= 4 is 5.78 Å². The predicted molar refractivity (Wildman–Crippen MR) is 59.5 cm³/mol. The summed E-state index contributed by atoms with van der Waals surface area (Å²) in [6, 6.07) is 5.97. The van der Waals surface area contributed by atoms with Gasteiger partial charge in [-0.05, 0) is 31.4 Å². The fourth-order valence-corrected chi connectivity index (χ4v) is 1.66. The molecule has 0 unspecified atom stereocenters. The smallest absolute Gasteiger partial charge is 0.163 e. The molecule has 1 heteroatoms. The van der Waals surface area contributed by atoms with E-state index < -0.39 is 0 Å². The van der Waals surface area contributed by atoms with Crippen molar-refractivity contribution in [3.05, 3.63) is 41.8 Å². The van der Waals surface area contributed by atoms with Crippen molar-refractivity contribution in [2.45, 2.75) is 33.1 Å². The van der Waals surface area contributed by atoms with Crippen LogP contribution in [0.2, 0.25) is 0 Å². The van der Waals surface area contributed by atoms with Crippen molar-refractivity contribution in [3.8, 4) is 0 Å².